The van der Waals surface area contributed by atoms with Gasteiger partial charge in [0.15, 0.2) is 16.4 Å². The average Bonchev–Trinajstić information content (AvgIpc) is 2.71. The first-order valence-corrected chi connectivity index (χ1v) is 8.79. The molecule has 1 amide bonds. The van der Waals surface area contributed by atoms with Gasteiger partial charge in [-0.2, -0.15) is 0 Å². The van der Waals surface area contributed by atoms with E-state index >= 15 is 0 Å². The van der Waals surface area contributed by atoms with Crippen molar-refractivity contribution in [3.05, 3.63) is 28.8 Å². The van der Waals surface area contributed by atoms with Crippen molar-refractivity contribution >= 4 is 15.7 Å². The van der Waals surface area contributed by atoms with E-state index in [1.807, 2.05) is 32.9 Å². The van der Waals surface area contributed by atoms with Crippen LogP contribution in [0.5, 0.6) is 5.75 Å². The number of hydrogen-bond acceptors (Lipinski definition) is 4. The first-order chi connectivity index (χ1) is 9.77. The highest BCUT2D eigenvalue weighted by Gasteiger charge is 2.28. The Kier molecular flexibility index (Phi) is 4.56. The van der Waals surface area contributed by atoms with Crippen molar-refractivity contribution in [3.63, 3.8) is 0 Å². The predicted octanol–water partition coefficient (Wildman–Crippen LogP) is 1.29. The van der Waals surface area contributed by atoms with Crippen LogP contribution in [0.15, 0.2) is 12.1 Å². The Bertz CT molecular complexity index is 652. The van der Waals surface area contributed by atoms with Crippen LogP contribution in [-0.4, -0.2) is 38.5 Å². The second-order valence-electron chi connectivity index (χ2n) is 5.66. The molecule has 1 aliphatic rings. The molecule has 5 nitrogen and oxygen atoms in total. The Morgan fingerprint density at radius 2 is 1.90 bits per heavy atom. The molecule has 1 unspecified atom stereocenters. The number of hydrogen-bond donors (Lipinski definition) is 1. The zero-order chi connectivity index (χ0) is 15.6. The molecule has 0 spiro atoms. The van der Waals surface area contributed by atoms with E-state index in [0.29, 0.717) is 12.2 Å². The molecule has 1 saturated heterocycles. The van der Waals surface area contributed by atoms with Crippen LogP contribution in [0, 0.1) is 20.8 Å². The minimum atomic E-state index is -2.98. The van der Waals surface area contributed by atoms with Crippen LogP contribution in [0.25, 0.3) is 0 Å². The summed E-state index contributed by atoms with van der Waals surface area (Å²) in [5.41, 5.74) is 3.27. The Morgan fingerprint density at radius 1 is 1.24 bits per heavy atom. The molecule has 0 saturated carbocycles. The summed E-state index contributed by atoms with van der Waals surface area (Å²) in [6.45, 7) is 5.85. The van der Waals surface area contributed by atoms with Gasteiger partial charge in [-0.3, -0.25) is 4.79 Å². The van der Waals surface area contributed by atoms with Gasteiger partial charge in [0.25, 0.3) is 5.91 Å². The quantitative estimate of drug-likeness (QED) is 0.909. The van der Waals surface area contributed by atoms with Gasteiger partial charge >= 0.3 is 0 Å². The highest BCUT2D eigenvalue weighted by Crippen LogP contribution is 2.22. The number of aryl methyl sites for hydroxylation is 3. The van der Waals surface area contributed by atoms with Gasteiger partial charge in [-0.15, -0.1) is 0 Å². The van der Waals surface area contributed by atoms with E-state index in [1.54, 1.807) is 0 Å². The molecule has 1 fully saturated rings. The maximum Gasteiger partial charge on any atom is 0.258 e. The topological polar surface area (TPSA) is 72.5 Å². The second-order valence-corrected chi connectivity index (χ2v) is 7.89. The predicted molar refractivity (Wildman–Crippen MR) is 81.3 cm³/mol. The first-order valence-electron chi connectivity index (χ1n) is 6.97. The number of carbonyl (C=O) groups is 1. The molecule has 116 valence electrons. The van der Waals surface area contributed by atoms with Crippen molar-refractivity contribution in [1.82, 2.24) is 5.32 Å². The summed E-state index contributed by atoms with van der Waals surface area (Å²) >= 11 is 0. The smallest absolute Gasteiger partial charge is 0.258 e. The number of benzene rings is 1. The summed E-state index contributed by atoms with van der Waals surface area (Å²) in [6, 6.07) is 3.65. The molecule has 1 heterocycles. The molecule has 6 heteroatoms. The lowest BCUT2D eigenvalue weighted by Crippen LogP contribution is -2.38. The Labute approximate surface area is 125 Å². The largest absolute Gasteiger partial charge is 0.483 e. The first kappa shape index (κ1) is 15.8. The van der Waals surface area contributed by atoms with E-state index in [0.717, 1.165) is 11.1 Å². The van der Waals surface area contributed by atoms with Gasteiger partial charge in [-0.1, -0.05) is 6.07 Å². The van der Waals surface area contributed by atoms with E-state index in [9.17, 15) is 13.2 Å². The normalized spacial score (nSPS) is 20.2. The Hall–Kier alpha value is -1.56. The molecule has 0 radical (unpaired) electrons. The summed E-state index contributed by atoms with van der Waals surface area (Å²) in [4.78, 5) is 11.8. The van der Waals surface area contributed by atoms with Crippen LogP contribution >= 0.6 is 0 Å². The van der Waals surface area contributed by atoms with Gasteiger partial charge in [0, 0.05) is 6.04 Å². The second kappa shape index (κ2) is 6.05. The molecule has 1 aliphatic heterocycles. The molecular weight excluding hydrogens is 290 g/mol. The van der Waals surface area contributed by atoms with Gasteiger partial charge in [0.2, 0.25) is 0 Å². The minimum Gasteiger partial charge on any atom is -0.483 e. The fourth-order valence-corrected chi connectivity index (χ4v) is 4.08. The highest BCUT2D eigenvalue weighted by atomic mass is 32.2. The molecule has 0 aromatic heterocycles. The minimum absolute atomic E-state index is 0.0292. The van der Waals surface area contributed by atoms with Crippen LogP contribution < -0.4 is 10.1 Å². The molecule has 1 aromatic carbocycles. The number of rotatable bonds is 4. The average molecular weight is 311 g/mol. The number of nitrogens with one attached hydrogen (secondary N) is 1. The fraction of sp³-hybridized carbons (Fsp3) is 0.533. The summed E-state index contributed by atoms with van der Waals surface area (Å²) in [5.74, 6) is 0.582. The fourth-order valence-electron chi connectivity index (χ4n) is 2.41. The van der Waals surface area contributed by atoms with Gasteiger partial charge in [0.1, 0.15) is 5.75 Å². The molecule has 1 atom stereocenters. The lowest BCUT2D eigenvalue weighted by atomic mass is 10.1. The van der Waals surface area contributed by atoms with Crippen molar-refractivity contribution in [2.45, 2.75) is 33.2 Å². The molecular formula is C15H21NO4S. The summed E-state index contributed by atoms with van der Waals surface area (Å²) in [5, 5.41) is 2.71. The number of amides is 1. The van der Waals surface area contributed by atoms with Gasteiger partial charge in [-0.05, 0) is 49.9 Å². The lowest BCUT2D eigenvalue weighted by Gasteiger charge is -2.14. The molecule has 2 rings (SSSR count). The number of sulfone groups is 1. The SMILES string of the molecule is Cc1cc(C)c(OCC(=O)NC2CCS(=O)(=O)C2)cc1C. The number of carbonyl (C=O) groups excluding carboxylic acids is 1. The van der Waals surface area contributed by atoms with Crippen molar-refractivity contribution in [2.75, 3.05) is 18.1 Å². The lowest BCUT2D eigenvalue weighted by molar-refractivity contribution is -0.123. The maximum atomic E-state index is 11.8. The van der Waals surface area contributed by atoms with Crippen LogP contribution in [-0.2, 0) is 14.6 Å². The van der Waals surface area contributed by atoms with E-state index in [4.69, 9.17) is 4.74 Å². The number of ether oxygens (including phenoxy) is 1. The van der Waals surface area contributed by atoms with E-state index in [-0.39, 0.29) is 30.1 Å². The molecule has 0 aliphatic carbocycles. The van der Waals surface area contributed by atoms with Crippen LogP contribution in [0.4, 0.5) is 0 Å². The van der Waals surface area contributed by atoms with Crippen LogP contribution in [0.3, 0.4) is 0 Å². The van der Waals surface area contributed by atoms with Gasteiger partial charge in [0.05, 0.1) is 11.5 Å². The van der Waals surface area contributed by atoms with Crippen LogP contribution in [0.1, 0.15) is 23.1 Å². The third kappa shape index (κ3) is 4.20. The van der Waals surface area contributed by atoms with E-state index < -0.39 is 9.84 Å². The summed E-state index contributed by atoms with van der Waals surface area (Å²) < 4.78 is 28.2. The monoisotopic (exact) mass is 311 g/mol. The Balaban J connectivity index is 1.89. The Morgan fingerprint density at radius 3 is 2.52 bits per heavy atom. The van der Waals surface area contributed by atoms with Crippen molar-refractivity contribution in [3.8, 4) is 5.75 Å². The standard InChI is InChI=1S/C15H21NO4S/c1-10-6-12(3)14(7-11(10)2)20-8-15(17)16-13-4-5-21(18,19)9-13/h6-7,13H,4-5,8-9H2,1-3H3,(H,16,17). The van der Waals surface area contributed by atoms with Crippen LogP contribution in [0.2, 0.25) is 0 Å². The molecule has 1 N–H and O–H groups in total. The third-order valence-electron chi connectivity index (χ3n) is 3.75. The van der Waals surface area contributed by atoms with Gasteiger partial charge in [-0.25, -0.2) is 8.42 Å². The summed E-state index contributed by atoms with van der Waals surface area (Å²) in [6.07, 6.45) is 0.483. The molecule has 21 heavy (non-hydrogen) atoms. The zero-order valence-corrected chi connectivity index (χ0v) is 13.4. The van der Waals surface area contributed by atoms with Gasteiger partial charge < -0.3 is 10.1 Å². The highest BCUT2D eigenvalue weighted by molar-refractivity contribution is 7.91. The maximum absolute atomic E-state index is 11.8. The zero-order valence-electron chi connectivity index (χ0n) is 12.6. The van der Waals surface area contributed by atoms with E-state index in [2.05, 4.69) is 5.32 Å². The summed E-state index contributed by atoms with van der Waals surface area (Å²) in [7, 11) is -2.98. The molecule has 1 aromatic rings. The van der Waals surface area contributed by atoms with Crippen molar-refractivity contribution < 1.29 is 17.9 Å². The van der Waals surface area contributed by atoms with Crippen molar-refractivity contribution in [1.29, 1.82) is 0 Å². The van der Waals surface area contributed by atoms with Crippen molar-refractivity contribution in [2.24, 2.45) is 0 Å². The van der Waals surface area contributed by atoms with E-state index in [1.165, 1.54) is 5.56 Å². The molecule has 0 bridgehead atoms. The third-order valence-corrected chi connectivity index (χ3v) is 5.52.